The van der Waals surface area contributed by atoms with Gasteiger partial charge in [0.2, 0.25) is 0 Å². The number of benzene rings is 6. The van der Waals surface area contributed by atoms with Gasteiger partial charge in [-0.05, 0) is 21.5 Å². The van der Waals surface area contributed by atoms with Gasteiger partial charge in [-0.2, -0.15) is 47.5 Å². The second kappa shape index (κ2) is 16.2. The van der Waals surface area contributed by atoms with Crippen molar-refractivity contribution in [1.82, 2.24) is 0 Å². The third-order valence-corrected chi connectivity index (χ3v) is 29.6. The van der Waals surface area contributed by atoms with Gasteiger partial charge < -0.3 is 0 Å². The molecule has 0 aromatic heterocycles. The van der Waals surface area contributed by atoms with Crippen LogP contribution in [0.25, 0.3) is 43.8 Å². The van der Waals surface area contributed by atoms with Crippen LogP contribution in [0, 0.1) is 0 Å². The fourth-order valence-electron chi connectivity index (χ4n) is 5.66. The monoisotopic (exact) mass is 814 g/mol. The summed E-state index contributed by atoms with van der Waals surface area (Å²) >= 11 is -2.41. The van der Waals surface area contributed by atoms with Gasteiger partial charge in [0.05, 0.1) is 0 Å². The molecule has 0 aliphatic carbocycles. The van der Waals surface area contributed by atoms with Gasteiger partial charge in [-0.25, -0.2) is 12.1 Å². The molecule has 8 rings (SSSR count). The van der Waals surface area contributed by atoms with Crippen LogP contribution in [0.2, 0.25) is 0 Å². The molecule has 0 radical (unpaired) electrons. The SMILES string of the molecule is [Cl][Hf]([Cl])=[Si](c1ccccc1)c1ccccc1.c1ccc2c(-c3cc[cH-]c3)cccc2c1.c1ccc2c(-c3cc[cH-]c3)cccc2c1. The van der Waals surface area contributed by atoms with E-state index in [0.717, 1.165) is 0 Å². The van der Waals surface area contributed by atoms with Crippen LogP contribution in [0.1, 0.15) is 0 Å². The Hall–Kier alpha value is -3.79. The van der Waals surface area contributed by atoms with E-state index in [1.54, 1.807) is 0 Å². The zero-order chi connectivity index (χ0) is 31.6. The van der Waals surface area contributed by atoms with E-state index in [2.05, 4.69) is 182 Å². The van der Waals surface area contributed by atoms with Crippen molar-refractivity contribution >= 4 is 54.6 Å². The smallest absolute Gasteiger partial charge is 0.0189 e. The molecule has 0 amide bonds. The van der Waals surface area contributed by atoms with Crippen LogP contribution in [0.4, 0.5) is 0 Å². The van der Waals surface area contributed by atoms with E-state index in [1.807, 2.05) is 12.1 Å². The predicted octanol–water partition coefficient (Wildman–Crippen LogP) is 11.2. The minimum absolute atomic E-state index is 0.873. The summed E-state index contributed by atoms with van der Waals surface area (Å²) in [7, 11) is 12.7. The number of hydrogen-bond donors (Lipinski definition) is 0. The van der Waals surface area contributed by atoms with Crippen molar-refractivity contribution in [3.8, 4) is 22.3 Å². The first-order valence-corrected chi connectivity index (χ1v) is 31.0. The summed E-state index contributed by atoms with van der Waals surface area (Å²) in [5, 5.41) is 7.93. The third-order valence-electron chi connectivity index (χ3n) is 7.84. The maximum atomic E-state index is 6.34. The Morgan fingerprint density at radius 3 is 1.20 bits per heavy atom. The Balaban J connectivity index is 0.000000121. The molecule has 0 saturated heterocycles. The van der Waals surface area contributed by atoms with Crippen LogP contribution < -0.4 is 10.4 Å². The molecule has 224 valence electrons. The Morgan fingerprint density at radius 2 is 0.804 bits per heavy atom. The Kier molecular flexibility index (Phi) is 11.3. The average molecular weight is 814 g/mol. The summed E-state index contributed by atoms with van der Waals surface area (Å²) in [4.78, 5) is 0. The van der Waals surface area contributed by atoms with Gasteiger partial charge in [-0.3, -0.25) is 0 Å². The number of halogens is 2. The van der Waals surface area contributed by atoms with Gasteiger partial charge in [-0.1, -0.05) is 96.1 Å². The summed E-state index contributed by atoms with van der Waals surface area (Å²) < 4.78 is 0. The van der Waals surface area contributed by atoms with Crippen molar-refractivity contribution in [1.29, 1.82) is 0 Å². The largest absolute Gasteiger partial charge is 0.206 e. The molecule has 0 heterocycles. The molecule has 0 bridgehead atoms. The van der Waals surface area contributed by atoms with Crippen LogP contribution in [0.5, 0.6) is 0 Å². The van der Waals surface area contributed by atoms with Crippen LogP contribution in [-0.4, -0.2) is 5.49 Å². The minimum Gasteiger partial charge on any atom is -0.206 e. The fourth-order valence-corrected chi connectivity index (χ4v) is 26.5. The summed E-state index contributed by atoms with van der Waals surface area (Å²) in [6, 6.07) is 67.7. The van der Waals surface area contributed by atoms with Crippen LogP contribution in [0.3, 0.4) is 0 Å². The molecule has 46 heavy (non-hydrogen) atoms. The molecule has 4 heteroatoms. The molecular weight excluding hydrogens is 782 g/mol. The third kappa shape index (κ3) is 7.94. The standard InChI is InChI=1S/2C15H11.C12H10Si.2ClH.Hf/c2*1-2-7-12(6-1)15-11-5-9-13-8-3-4-10-14(13)15;1-3-7-11(8-4-1)13-12-9-5-2-6-10-12;;;/h2*1-11H;1-10H;2*1H;/q2*-1;;;;+2/p-2. The van der Waals surface area contributed by atoms with E-state index in [-0.39, 0.29) is 0 Å². The average Bonchev–Trinajstić information content (AvgIpc) is 3.85. The normalized spacial score (nSPS) is 10.4. The molecule has 8 aromatic rings. The maximum absolute atomic E-state index is 6.34. The van der Waals surface area contributed by atoms with E-state index in [1.165, 1.54) is 54.2 Å². The summed E-state index contributed by atoms with van der Waals surface area (Å²) in [6.45, 7) is 0. The zero-order valence-electron chi connectivity index (χ0n) is 25.2. The van der Waals surface area contributed by atoms with Crippen molar-refractivity contribution in [3.63, 3.8) is 0 Å². The van der Waals surface area contributed by atoms with Crippen molar-refractivity contribution in [3.05, 3.63) is 194 Å². The Morgan fingerprint density at radius 1 is 0.413 bits per heavy atom. The van der Waals surface area contributed by atoms with E-state index < -0.39 is 23.2 Å². The van der Waals surface area contributed by atoms with Gasteiger partial charge in [0.1, 0.15) is 0 Å². The molecular formula is C42H32Cl2HfSi-2. The molecule has 0 fully saturated rings. The maximum Gasteiger partial charge on any atom is -0.0189 e. The predicted molar refractivity (Wildman–Crippen MR) is 200 cm³/mol. The molecule has 0 spiro atoms. The van der Waals surface area contributed by atoms with Gasteiger partial charge in [-0.15, -0.1) is 0 Å². The van der Waals surface area contributed by atoms with E-state index in [4.69, 9.17) is 17.2 Å². The Labute approximate surface area is 286 Å². The molecule has 0 nitrogen and oxygen atoms in total. The molecule has 0 N–H and O–H groups in total. The minimum atomic E-state index is -2.41. The molecule has 0 saturated carbocycles. The van der Waals surface area contributed by atoms with Crippen molar-refractivity contribution in [2.75, 3.05) is 0 Å². The van der Waals surface area contributed by atoms with E-state index >= 15 is 0 Å². The quantitative estimate of drug-likeness (QED) is 0.123. The number of fused-ring (bicyclic) bond motifs is 2. The van der Waals surface area contributed by atoms with Gasteiger partial charge in [0, 0.05) is 0 Å². The summed E-state index contributed by atoms with van der Waals surface area (Å²) in [6.07, 6.45) is 0. The second-order valence-electron chi connectivity index (χ2n) is 10.8. The second-order valence-corrected chi connectivity index (χ2v) is 37.0. The van der Waals surface area contributed by atoms with Gasteiger partial charge >= 0.3 is 111 Å². The molecule has 8 aromatic carbocycles. The molecule has 0 unspecified atom stereocenters. The molecule has 0 aliphatic heterocycles. The first-order chi connectivity index (χ1) is 22.7. The van der Waals surface area contributed by atoms with E-state index in [0.29, 0.717) is 0 Å². The van der Waals surface area contributed by atoms with Crippen molar-refractivity contribution in [2.45, 2.75) is 0 Å². The topological polar surface area (TPSA) is 0 Å². The van der Waals surface area contributed by atoms with Crippen LogP contribution in [0.15, 0.2) is 194 Å². The summed E-state index contributed by atoms with van der Waals surface area (Å²) in [5.74, 6) is 0. The van der Waals surface area contributed by atoms with Crippen molar-refractivity contribution < 1.29 is 17.7 Å². The van der Waals surface area contributed by atoms with E-state index in [9.17, 15) is 0 Å². The van der Waals surface area contributed by atoms with Crippen LogP contribution in [-0.2, 0) is 17.7 Å². The summed E-state index contributed by atoms with van der Waals surface area (Å²) in [5.41, 5.74) is 4.36. The van der Waals surface area contributed by atoms with Crippen molar-refractivity contribution in [2.24, 2.45) is 0 Å². The Bertz CT molecular complexity index is 1990. The van der Waals surface area contributed by atoms with Gasteiger partial charge in [0.15, 0.2) is 0 Å². The van der Waals surface area contributed by atoms with Gasteiger partial charge in [0.25, 0.3) is 0 Å². The molecule has 0 aliphatic rings. The molecule has 0 atom stereocenters. The number of rotatable bonds is 4. The first kappa shape index (κ1) is 32.2. The first-order valence-electron chi connectivity index (χ1n) is 15.2. The number of hydrogen-bond acceptors (Lipinski definition) is 0. The van der Waals surface area contributed by atoms with Crippen LogP contribution >= 0.6 is 17.2 Å². The zero-order valence-corrected chi connectivity index (χ0v) is 31.3. The fraction of sp³-hybridized carbons (Fsp3) is 0.